The Morgan fingerprint density at radius 2 is 1.62 bits per heavy atom. The molecule has 2 N–H and O–H groups in total. The molecule has 1 aromatic rings. The van der Waals surface area contributed by atoms with Crippen LogP contribution in [0.2, 0.25) is 0 Å². The summed E-state index contributed by atoms with van der Waals surface area (Å²) in [6.07, 6.45) is 3.62. The Morgan fingerprint density at radius 3 is 2.15 bits per heavy atom. The minimum Gasteiger partial charge on any atom is -0.356 e. The van der Waals surface area contributed by atoms with E-state index in [2.05, 4.69) is 18.5 Å². The largest absolute Gasteiger partial charge is 0.356 e. The summed E-state index contributed by atoms with van der Waals surface area (Å²) < 4.78 is 26.4. The molecule has 0 heterocycles. The van der Waals surface area contributed by atoms with E-state index in [1.165, 1.54) is 18.2 Å². The van der Waals surface area contributed by atoms with Gasteiger partial charge in [-0.15, -0.1) is 0 Å². The highest BCUT2D eigenvalue weighted by Gasteiger charge is 2.19. The maximum absolute atomic E-state index is 12.2. The average molecular weight is 381 g/mol. The summed E-state index contributed by atoms with van der Waals surface area (Å²) in [4.78, 5) is 23.2. The van der Waals surface area contributed by atoms with Crippen molar-refractivity contribution in [3.05, 3.63) is 42.5 Å². The van der Waals surface area contributed by atoms with Gasteiger partial charge in [0.15, 0.2) is 0 Å². The Labute approximate surface area is 156 Å². The van der Waals surface area contributed by atoms with Gasteiger partial charge < -0.3 is 5.32 Å². The van der Waals surface area contributed by atoms with Crippen molar-refractivity contribution >= 4 is 34.0 Å². The van der Waals surface area contributed by atoms with E-state index in [9.17, 15) is 18.0 Å². The topological polar surface area (TPSA) is 92.3 Å². The van der Waals surface area contributed by atoms with Crippen LogP contribution in [0, 0.1) is 0 Å². The van der Waals surface area contributed by atoms with Gasteiger partial charge in [0.1, 0.15) is 0 Å². The first kappa shape index (κ1) is 23.6. The molecule has 0 bridgehead atoms. The average Bonchev–Trinajstić information content (AvgIpc) is 2.65. The molecule has 6 nitrogen and oxygen atoms in total. The van der Waals surface area contributed by atoms with Gasteiger partial charge in [-0.3, -0.25) is 9.59 Å². The predicted molar refractivity (Wildman–Crippen MR) is 106 cm³/mol. The Morgan fingerprint density at radius 1 is 1.04 bits per heavy atom. The number of amides is 2. The fourth-order valence-electron chi connectivity index (χ4n) is 1.92. The van der Waals surface area contributed by atoms with Gasteiger partial charge in [-0.2, -0.15) is 0 Å². The van der Waals surface area contributed by atoms with Crippen molar-refractivity contribution in [2.45, 2.75) is 44.9 Å². The second kappa shape index (κ2) is 12.0. The minimum absolute atomic E-state index is 0.0493. The summed E-state index contributed by atoms with van der Waals surface area (Å²) in [5.74, 6) is -1.01. The maximum Gasteiger partial charge on any atom is 0.264 e. The molecule has 144 valence electrons. The van der Waals surface area contributed by atoms with Gasteiger partial charge in [0, 0.05) is 19.4 Å². The van der Waals surface area contributed by atoms with Crippen LogP contribution in [-0.2, 0) is 19.6 Å². The maximum atomic E-state index is 12.2. The molecule has 0 radical (unpaired) electrons. The van der Waals surface area contributed by atoms with E-state index in [1.807, 2.05) is 25.5 Å². The summed E-state index contributed by atoms with van der Waals surface area (Å²) >= 11 is 0. The van der Waals surface area contributed by atoms with Crippen LogP contribution >= 0.6 is 0 Å². The third kappa shape index (κ3) is 7.65. The zero-order valence-electron chi connectivity index (χ0n) is 15.7. The molecule has 0 aliphatic heterocycles. The number of carbonyl (C=O) groups is 2. The second-order valence-electron chi connectivity index (χ2n) is 5.08. The Balaban J connectivity index is 0.00000301. The molecule has 0 fully saturated rings. The molecule has 1 aromatic carbocycles. The minimum atomic E-state index is -4.00. The van der Waals surface area contributed by atoms with Gasteiger partial charge in [0.05, 0.1) is 4.90 Å². The fraction of sp³-hybridized carbons (Fsp3) is 0.368. The number of sulfonamides is 1. The quantitative estimate of drug-likeness (QED) is 0.688. The Hall–Kier alpha value is -2.41. The third-order valence-corrected chi connectivity index (χ3v) is 4.58. The molecule has 0 saturated heterocycles. The van der Waals surface area contributed by atoms with Crippen molar-refractivity contribution in [3.8, 4) is 0 Å². The molecule has 0 unspecified atom stereocenters. The van der Waals surface area contributed by atoms with Crippen LogP contribution in [0.4, 0.5) is 0 Å². The van der Waals surface area contributed by atoms with Crippen LogP contribution in [0.25, 0.3) is 12.2 Å². The number of benzene rings is 1. The second-order valence-corrected chi connectivity index (χ2v) is 6.76. The SMILES string of the molecule is C=Cc1ccc(S(=O)(=O)NC(=O)CCC(=O)NCCC)cc1C=C.CC. The molecule has 0 aliphatic rings. The zero-order chi connectivity index (χ0) is 20.2. The van der Waals surface area contributed by atoms with E-state index >= 15 is 0 Å². The van der Waals surface area contributed by atoms with E-state index in [4.69, 9.17) is 0 Å². The van der Waals surface area contributed by atoms with E-state index in [-0.39, 0.29) is 23.6 Å². The van der Waals surface area contributed by atoms with Gasteiger partial charge >= 0.3 is 0 Å². The Kier molecular flexibility index (Phi) is 10.9. The van der Waals surface area contributed by atoms with Crippen LogP contribution in [0.5, 0.6) is 0 Å². The lowest BCUT2D eigenvalue weighted by Gasteiger charge is -2.09. The summed E-state index contributed by atoms with van der Waals surface area (Å²) in [6, 6.07) is 4.38. The normalized spacial score (nSPS) is 10.1. The van der Waals surface area contributed by atoms with Crippen molar-refractivity contribution in [3.63, 3.8) is 0 Å². The number of nitrogens with one attached hydrogen (secondary N) is 2. The van der Waals surface area contributed by atoms with Crippen LogP contribution in [0.1, 0.15) is 51.2 Å². The third-order valence-electron chi connectivity index (χ3n) is 3.21. The van der Waals surface area contributed by atoms with Crippen LogP contribution in [0.3, 0.4) is 0 Å². The molecule has 0 aliphatic carbocycles. The summed E-state index contributed by atoms with van der Waals surface area (Å²) in [5, 5.41) is 2.62. The first-order valence-electron chi connectivity index (χ1n) is 8.55. The first-order chi connectivity index (χ1) is 12.3. The Bertz CT molecular complexity index is 740. The summed E-state index contributed by atoms with van der Waals surface area (Å²) in [5.41, 5.74) is 1.34. The van der Waals surface area contributed by atoms with E-state index in [1.54, 1.807) is 12.1 Å². The molecular weight excluding hydrogens is 352 g/mol. The molecule has 2 amide bonds. The number of rotatable bonds is 9. The van der Waals surface area contributed by atoms with Crippen molar-refractivity contribution in [2.75, 3.05) is 6.54 Å². The lowest BCUT2D eigenvalue weighted by molar-refractivity contribution is -0.125. The monoisotopic (exact) mass is 380 g/mol. The highest BCUT2D eigenvalue weighted by Crippen LogP contribution is 2.18. The van der Waals surface area contributed by atoms with Crippen LogP contribution in [-0.4, -0.2) is 26.8 Å². The van der Waals surface area contributed by atoms with E-state index in [0.717, 1.165) is 12.0 Å². The molecular formula is C19H28N2O4S. The number of carbonyl (C=O) groups excluding carboxylic acids is 2. The molecule has 7 heteroatoms. The molecule has 0 saturated carbocycles. The van der Waals surface area contributed by atoms with E-state index in [0.29, 0.717) is 12.1 Å². The fourth-order valence-corrected chi connectivity index (χ4v) is 2.97. The number of hydrogen-bond donors (Lipinski definition) is 2. The van der Waals surface area contributed by atoms with Gasteiger partial charge in [-0.05, 0) is 29.7 Å². The molecule has 0 atom stereocenters. The first-order valence-corrected chi connectivity index (χ1v) is 10.0. The molecule has 1 rings (SSSR count). The van der Waals surface area contributed by atoms with Crippen molar-refractivity contribution in [2.24, 2.45) is 0 Å². The summed E-state index contributed by atoms with van der Waals surface area (Å²) in [7, 11) is -4.00. The molecule has 0 aromatic heterocycles. The van der Waals surface area contributed by atoms with Crippen molar-refractivity contribution in [1.82, 2.24) is 10.0 Å². The standard InChI is InChI=1S/C17H22N2O4S.C2H6/c1-4-11-18-16(20)9-10-17(21)19-24(22,23)15-8-7-13(5-2)14(6-3)12-15;1-2/h5-8,12H,2-4,9-11H2,1H3,(H,18,20)(H,19,21);1-2H3. The molecule has 0 spiro atoms. The zero-order valence-corrected chi connectivity index (χ0v) is 16.5. The van der Waals surface area contributed by atoms with Gasteiger partial charge in [0.2, 0.25) is 11.8 Å². The van der Waals surface area contributed by atoms with Crippen molar-refractivity contribution in [1.29, 1.82) is 0 Å². The van der Waals surface area contributed by atoms with Gasteiger partial charge in [-0.25, -0.2) is 13.1 Å². The highest BCUT2D eigenvalue weighted by molar-refractivity contribution is 7.90. The molecule has 26 heavy (non-hydrogen) atoms. The van der Waals surface area contributed by atoms with Gasteiger partial charge in [0.25, 0.3) is 10.0 Å². The highest BCUT2D eigenvalue weighted by atomic mass is 32.2. The van der Waals surface area contributed by atoms with Crippen molar-refractivity contribution < 1.29 is 18.0 Å². The lowest BCUT2D eigenvalue weighted by atomic mass is 10.1. The summed E-state index contributed by atoms with van der Waals surface area (Å²) in [6.45, 7) is 13.7. The predicted octanol–water partition coefficient (Wildman–Crippen LogP) is 3.11. The van der Waals surface area contributed by atoms with E-state index < -0.39 is 15.9 Å². The van der Waals surface area contributed by atoms with Crippen LogP contribution in [0.15, 0.2) is 36.3 Å². The lowest BCUT2D eigenvalue weighted by Crippen LogP contribution is -2.32. The van der Waals surface area contributed by atoms with Crippen LogP contribution < -0.4 is 10.0 Å². The van der Waals surface area contributed by atoms with Gasteiger partial charge in [-0.1, -0.05) is 52.1 Å². The number of hydrogen-bond acceptors (Lipinski definition) is 4. The smallest absolute Gasteiger partial charge is 0.264 e.